The maximum atomic E-state index is 4.60. The molecule has 0 N–H and O–H groups in total. The van der Waals surface area contributed by atoms with Gasteiger partial charge in [-0.25, -0.2) is 0 Å². The number of hydrogen-bond acceptors (Lipinski definition) is 3. The molecule has 0 aliphatic carbocycles. The Kier molecular flexibility index (Phi) is 10.7. The second kappa shape index (κ2) is 7.54. The summed E-state index contributed by atoms with van der Waals surface area (Å²) in [5.41, 5.74) is 0. The molecule has 3 nitrogen and oxygen atoms in total. The van der Waals surface area contributed by atoms with E-state index in [0.29, 0.717) is 0 Å². The summed E-state index contributed by atoms with van der Waals surface area (Å²) < 4.78 is 13.8. The van der Waals surface area contributed by atoms with Crippen LogP contribution in [0.15, 0.2) is 0 Å². The Morgan fingerprint density at radius 1 is 1.00 bits per heavy atom. The van der Waals surface area contributed by atoms with Gasteiger partial charge in [-0.2, -0.15) is 0 Å². The molecule has 5 heteroatoms. The van der Waals surface area contributed by atoms with E-state index in [9.17, 15) is 0 Å². The smallest absolute Gasteiger partial charge is 1.00 e. The molecule has 0 saturated heterocycles. The number of hydrogen-bond donors (Lipinski definition) is 0. The Hall–Kier alpha value is 0.542. The van der Waals surface area contributed by atoms with Crippen molar-refractivity contribution in [1.82, 2.24) is 0 Å². The largest absolute Gasteiger partial charge is 1.00 e. The minimum absolute atomic E-state index is 0. The van der Waals surface area contributed by atoms with Gasteiger partial charge in [0.1, 0.15) is 0 Å². The van der Waals surface area contributed by atoms with Gasteiger partial charge in [0.05, 0.1) is 0 Å². The third-order valence-electron chi connectivity index (χ3n) is 0.577. The molecule has 44 valence electrons. The Balaban J connectivity index is -0.000000180. The molecule has 0 radical (unpaired) electrons. The van der Waals surface area contributed by atoms with Gasteiger partial charge in [0.15, 0.2) is 0 Å². The van der Waals surface area contributed by atoms with Crippen LogP contribution < -0.4 is 18.9 Å². The van der Waals surface area contributed by atoms with Crippen molar-refractivity contribution in [2.45, 2.75) is 0 Å². The standard InChI is InChI=1S/C3H9BO3.Li.H/c1-5-4(6-2)7-3;;/h1-3H3;;/q;+1;-1. The van der Waals surface area contributed by atoms with Crippen molar-refractivity contribution in [2.24, 2.45) is 0 Å². The van der Waals surface area contributed by atoms with Gasteiger partial charge in [0, 0.05) is 21.3 Å². The summed E-state index contributed by atoms with van der Waals surface area (Å²) in [6.45, 7) is 0. The predicted molar refractivity (Wildman–Crippen MR) is 27.9 cm³/mol. The van der Waals surface area contributed by atoms with Crippen LogP contribution in [-0.2, 0) is 14.0 Å². The normalized spacial score (nSPS) is 7.88. The second-order valence-corrected chi connectivity index (χ2v) is 0.996. The summed E-state index contributed by atoms with van der Waals surface area (Å²) in [4.78, 5) is 0. The molecule has 8 heavy (non-hydrogen) atoms. The topological polar surface area (TPSA) is 27.7 Å². The SMILES string of the molecule is COB(OC)OC.[H-].[Li+]. The summed E-state index contributed by atoms with van der Waals surface area (Å²) in [5, 5.41) is 0. The van der Waals surface area contributed by atoms with Crippen LogP contribution in [0.25, 0.3) is 0 Å². The van der Waals surface area contributed by atoms with Gasteiger partial charge in [0.2, 0.25) is 0 Å². The molecular formula is C3H10BLiO3. The van der Waals surface area contributed by atoms with E-state index in [4.69, 9.17) is 0 Å². The average Bonchev–Trinajstić information content (AvgIpc) is 1.72. The molecule has 0 aromatic carbocycles. The van der Waals surface area contributed by atoms with Crippen LogP contribution in [-0.4, -0.2) is 28.7 Å². The van der Waals surface area contributed by atoms with Crippen molar-refractivity contribution in [2.75, 3.05) is 21.3 Å². The first kappa shape index (κ1) is 11.4. The molecule has 0 bridgehead atoms. The monoisotopic (exact) mass is 112 g/mol. The van der Waals surface area contributed by atoms with E-state index in [1.165, 1.54) is 21.3 Å². The van der Waals surface area contributed by atoms with Crippen LogP contribution in [0.3, 0.4) is 0 Å². The third-order valence-corrected chi connectivity index (χ3v) is 0.577. The number of rotatable bonds is 3. The van der Waals surface area contributed by atoms with Gasteiger partial charge in [-0.15, -0.1) is 0 Å². The summed E-state index contributed by atoms with van der Waals surface area (Å²) in [6, 6.07) is 0. The Morgan fingerprint density at radius 3 is 1.25 bits per heavy atom. The summed E-state index contributed by atoms with van der Waals surface area (Å²) in [7, 11) is 4.02. The van der Waals surface area contributed by atoms with E-state index in [-0.39, 0.29) is 20.3 Å². The fourth-order valence-electron chi connectivity index (χ4n) is 0.289. The zero-order valence-electron chi connectivity index (χ0n) is 6.80. The first-order valence-electron chi connectivity index (χ1n) is 1.93. The molecule has 0 aliphatic heterocycles. The molecule has 0 aromatic rings. The summed E-state index contributed by atoms with van der Waals surface area (Å²) in [6.07, 6.45) is 0. The van der Waals surface area contributed by atoms with Crippen LogP contribution in [0.1, 0.15) is 1.43 Å². The molecule has 0 rings (SSSR count). The van der Waals surface area contributed by atoms with E-state index in [1.807, 2.05) is 0 Å². The van der Waals surface area contributed by atoms with Gasteiger partial charge < -0.3 is 15.4 Å². The van der Waals surface area contributed by atoms with E-state index in [2.05, 4.69) is 14.0 Å². The van der Waals surface area contributed by atoms with Crippen molar-refractivity contribution in [3.63, 3.8) is 0 Å². The van der Waals surface area contributed by atoms with Gasteiger partial charge in [-0.05, 0) is 0 Å². The van der Waals surface area contributed by atoms with E-state index >= 15 is 0 Å². The molecule has 0 atom stereocenters. The van der Waals surface area contributed by atoms with Gasteiger partial charge in [-0.3, -0.25) is 0 Å². The molecule has 0 amide bonds. The van der Waals surface area contributed by atoms with Crippen LogP contribution >= 0.6 is 0 Å². The third kappa shape index (κ3) is 4.70. The molecule has 0 unspecified atom stereocenters. The Labute approximate surface area is 63.5 Å². The molecular weight excluding hydrogens is 102 g/mol. The summed E-state index contributed by atoms with van der Waals surface area (Å²) in [5.74, 6) is 0. The zero-order valence-corrected chi connectivity index (χ0v) is 5.80. The summed E-state index contributed by atoms with van der Waals surface area (Å²) >= 11 is 0. The van der Waals surface area contributed by atoms with E-state index in [0.717, 1.165) is 0 Å². The fraction of sp³-hybridized carbons (Fsp3) is 1.00. The minimum Gasteiger partial charge on any atom is -1.00 e. The second-order valence-electron chi connectivity index (χ2n) is 0.996. The maximum absolute atomic E-state index is 4.60. The Morgan fingerprint density at radius 2 is 1.25 bits per heavy atom. The van der Waals surface area contributed by atoms with Crippen LogP contribution in [0, 0.1) is 0 Å². The van der Waals surface area contributed by atoms with E-state index in [1.54, 1.807) is 0 Å². The van der Waals surface area contributed by atoms with Crippen molar-refractivity contribution < 1.29 is 34.3 Å². The van der Waals surface area contributed by atoms with Crippen LogP contribution in [0.5, 0.6) is 0 Å². The van der Waals surface area contributed by atoms with Crippen LogP contribution in [0.2, 0.25) is 0 Å². The first-order chi connectivity index (χ1) is 3.35. The van der Waals surface area contributed by atoms with Gasteiger partial charge >= 0.3 is 26.2 Å². The molecule has 0 spiro atoms. The van der Waals surface area contributed by atoms with Crippen LogP contribution in [0.4, 0.5) is 0 Å². The molecule has 0 heterocycles. The molecule has 0 fully saturated rings. The Bertz CT molecular complexity index is 40.5. The van der Waals surface area contributed by atoms with Crippen molar-refractivity contribution in [3.05, 3.63) is 0 Å². The van der Waals surface area contributed by atoms with E-state index < -0.39 is 7.32 Å². The predicted octanol–water partition coefficient (Wildman–Crippen LogP) is -2.97. The first-order valence-corrected chi connectivity index (χ1v) is 1.93. The molecule has 0 aromatic heterocycles. The minimum atomic E-state index is -0.514. The average molecular weight is 112 g/mol. The molecule has 0 saturated carbocycles. The maximum Gasteiger partial charge on any atom is 1.00 e. The van der Waals surface area contributed by atoms with Gasteiger partial charge in [-0.1, -0.05) is 0 Å². The fourth-order valence-corrected chi connectivity index (χ4v) is 0.289. The van der Waals surface area contributed by atoms with Crippen molar-refractivity contribution in [1.29, 1.82) is 0 Å². The van der Waals surface area contributed by atoms with Gasteiger partial charge in [0.25, 0.3) is 0 Å². The molecule has 0 aliphatic rings. The zero-order chi connectivity index (χ0) is 5.70. The van der Waals surface area contributed by atoms with Crippen molar-refractivity contribution in [3.8, 4) is 0 Å². The quantitative estimate of drug-likeness (QED) is 0.365. The van der Waals surface area contributed by atoms with Crippen molar-refractivity contribution >= 4 is 7.32 Å².